The molecule has 24 heavy (non-hydrogen) atoms. The summed E-state index contributed by atoms with van der Waals surface area (Å²) >= 11 is 0. The van der Waals surface area contributed by atoms with Crippen LogP contribution in [-0.4, -0.2) is 26.0 Å². The van der Waals surface area contributed by atoms with E-state index in [2.05, 4.69) is 24.3 Å². The Morgan fingerprint density at radius 3 is 2.54 bits per heavy atom. The van der Waals surface area contributed by atoms with Crippen LogP contribution in [0.25, 0.3) is 0 Å². The van der Waals surface area contributed by atoms with Gasteiger partial charge in [0.1, 0.15) is 12.4 Å². The van der Waals surface area contributed by atoms with Gasteiger partial charge in [0.2, 0.25) is 0 Å². The first-order valence-electron chi connectivity index (χ1n) is 8.55. The topological polar surface area (TPSA) is 53.7 Å². The van der Waals surface area contributed by atoms with Crippen LogP contribution < -0.4 is 10.5 Å². The Morgan fingerprint density at radius 2 is 1.79 bits per heavy atom. The molecule has 0 aliphatic carbocycles. The van der Waals surface area contributed by atoms with Crippen molar-refractivity contribution >= 4 is 0 Å². The van der Waals surface area contributed by atoms with Gasteiger partial charge in [-0.05, 0) is 42.6 Å². The van der Waals surface area contributed by atoms with Gasteiger partial charge < -0.3 is 19.9 Å². The standard InChI is InChI=1S/C20H25NO3/c21-11-5-10-20-23-14-18(15-24-20)17-8-4-9-19(12-17)22-13-16-6-2-1-3-7-16/h1-4,6-9,12,18,20H,5,10-11,13-15,21H2. The fourth-order valence-corrected chi connectivity index (χ4v) is 2.79. The highest BCUT2D eigenvalue weighted by atomic mass is 16.7. The number of hydrogen-bond donors (Lipinski definition) is 1. The van der Waals surface area contributed by atoms with Crippen molar-refractivity contribution in [3.8, 4) is 5.75 Å². The predicted molar refractivity (Wildman–Crippen MR) is 93.9 cm³/mol. The Balaban J connectivity index is 1.54. The molecule has 0 amide bonds. The number of hydrogen-bond acceptors (Lipinski definition) is 4. The van der Waals surface area contributed by atoms with Crippen molar-refractivity contribution in [2.45, 2.75) is 31.7 Å². The molecule has 4 heteroatoms. The van der Waals surface area contributed by atoms with Crippen molar-refractivity contribution in [2.75, 3.05) is 19.8 Å². The summed E-state index contributed by atoms with van der Waals surface area (Å²) in [4.78, 5) is 0. The van der Waals surface area contributed by atoms with Crippen LogP contribution >= 0.6 is 0 Å². The van der Waals surface area contributed by atoms with Crippen molar-refractivity contribution in [1.82, 2.24) is 0 Å². The Hall–Kier alpha value is -1.88. The molecule has 0 spiro atoms. The third-order valence-corrected chi connectivity index (χ3v) is 4.19. The van der Waals surface area contributed by atoms with E-state index >= 15 is 0 Å². The zero-order chi connectivity index (χ0) is 16.6. The van der Waals surface area contributed by atoms with E-state index in [1.807, 2.05) is 30.3 Å². The maximum Gasteiger partial charge on any atom is 0.157 e. The average molecular weight is 327 g/mol. The number of ether oxygens (including phenoxy) is 3. The van der Waals surface area contributed by atoms with Crippen molar-refractivity contribution in [3.05, 3.63) is 65.7 Å². The molecule has 1 saturated heterocycles. The fourth-order valence-electron chi connectivity index (χ4n) is 2.79. The van der Waals surface area contributed by atoms with Crippen LogP contribution in [0.3, 0.4) is 0 Å². The van der Waals surface area contributed by atoms with Crippen LogP contribution in [0, 0.1) is 0 Å². The van der Waals surface area contributed by atoms with Gasteiger partial charge in [-0.3, -0.25) is 0 Å². The van der Waals surface area contributed by atoms with Crippen LogP contribution in [0.4, 0.5) is 0 Å². The minimum absolute atomic E-state index is 0.109. The molecule has 0 radical (unpaired) electrons. The molecule has 1 heterocycles. The highest BCUT2D eigenvalue weighted by Gasteiger charge is 2.23. The highest BCUT2D eigenvalue weighted by molar-refractivity contribution is 5.31. The van der Waals surface area contributed by atoms with E-state index in [-0.39, 0.29) is 12.2 Å². The summed E-state index contributed by atoms with van der Waals surface area (Å²) in [6.45, 7) is 2.60. The van der Waals surface area contributed by atoms with Crippen molar-refractivity contribution in [2.24, 2.45) is 5.73 Å². The van der Waals surface area contributed by atoms with E-state index < -0.39 is 0 Å². The molecule has 1 aliphatic rings. The van der Waals surface area contributed by atoms with E-state index in [9.17, 15) is 0 Å². The minimum Gasteiger partial charge on any atom is -0.489 e. The summed E-state index contributed by atoms with van der Waals surface area (Å²) in [5.41, 5.74) is 7.88. The third kappa shape index (κ3) is 4.81. The highest BCUT2D eigenvalue weighted by Crippen LogP contribution is 2.26. The van der Waals surface area contributed by atoms with Crippen LogP contribution in [0.15, 0.2) is 54.6 Å². The van der Waals surface area contributed by atoms with E-state index in [0.717, 1.165) is 24.2 Å². The first-order valence-corrected chi connectivity index (χ1v) is 8.55. The summed E-state index contributed by atoms with van der Waals surface area (Å²) in [5, 5.41) is 0. The molecule has 128 valence electrons. The summed E-state index contributed by atoms with van der Waals surface area (Å²) in [5.74, 6) is 1.13. The van der Waals surface area contributed by atoms with Crippen molar-refractivity contribution in [1.29, 1.82) is 0 Å². The van der Waals surface area contributed by atoms with E-state index in [1.54, 1.807) is 0 Å². The molecule has 0 unspecified atom stereocenters. The van der Waals surface area contributed by atoms with Gasteiger partial charge in [-0.25, -0.2) is 0 Å². The van der Waals surface area contributed by atoms with Gasteiger partial charge >= 0.3 is 0 Å². The molecular formula is C20H25NO3. The maximum atomic E-state index is 5.90. The normalized spacial score (nSPS) is 20.7. The van der Waals surface area contributed by atoms with Crippen molar-refractivity contribution in [3.63, 3.8) is 0 Å². The van der Waals surface area contributed by atoms with Gasteiger partial charge in [-0.2, -0.15) is 0 Å². The van der Waals surface area contributed by atoms with Crippen LogP contribution in [-0.2, 0) is 16.1 Å². The van der Waals surface area contributed by atoms with Gasteiger partial charge in [0.15, 0.2) is 6.29 Å². The van der Waals surface area contributed by atoms with Gasteiger partial charge in [0.05, 0.1) is 13.2 Å². The van der Waals surface area contributed by atoms with Gasteiger partial charge in [0.25, 0.3) is 0 Å². The molecule has 0 aromatic heterocycles. The molecule has 0 bridgehead atoms. The van der Waals surface area contributed by atoms with Gasteiger partial charge in [0, 0.05) is 5.92 Å². The molecule has 3 rings (SSSR count). The molecule has 4 nitrogen and oxygen atoms in total. The second kappa shape index (κ2) is 8.83. The second-order valence-electron chi connectivity index (χ2n) is 6.07. The maximum absolute atomic E-state index is 5.90. The number of rotatable bonds is 7. The smallest absolute Gasteiger partial charge is 0.157 e. The largest absolute Gasteiger partial charge is 0.489 e. The molecular weight excluding hydrogens is 302 g/mol. The number of nitrogens with two attached hydrogens (primary N) is 1. The zero-order valence-corrected chi connectivity index (χ0v) is 13.9. The summed E-state index contributed by atoms with van der Waals surface area (Å²) < 4.78 is 17.5. The Kier molecular flexibility index (Phi) is 6.24. The molecule has 0 atom stereocenters. The lowest BCUT2D eigenvalue weighted by Crippen LogP contribution is -2.31. The lowest BCUT2D eigenvalue weighted by atomic mass is 10.00. The molecule has 1 aliphatic heterocycles. The summed E-state index contributed by atoms with van der Waals surface area (Å²) in [6.07, 6.45) is 1.68. The van der Waals surface area contributed by atoms with Crippen molar-refractivity contribution < 1.29 is 14.2 Å². The Bertz CT molecular complexity index is 609. The Labute approximate surface area is 143 Å². The molecule has 1 fully saturated rings. The van der Waals surface area contributed by atoms with Gasteiger partial charge in [-0.1, -0.05) is 42.5 Å². The molecule has 2 N–H and O–H groups in total. The SMILES string of the molecule is NCCCC1OCC(c2cccc(OCc3ccccc3)c2)CO1. The second-order valence-corrected chi connectivity index (χ2v) is 6.07. The Morgan fingerprint density at radius 1 is 1.00 bits per heavy atom. The van der Waals surface area contributed by atoms with E-state index in [0.29, 0.717) is 26.4 Å². The molecule has 2 aromatic carbocycles. The lowest BCUT2D eigenvalue weighted by Gasteiger charge is -2.29. The first-order chi connectivity index (χ1) is 11.8. The van der Waals surface area contributed by atoms with E-state index in [4.69, 9.17) is 19.9 Å². The number of benzene rings is 2. The van der Waals surface area contributed by atoms with Gasteiger partial charge in [-0.15, -0.1) is 0 Å². The first kappa shape index (κ1) is 17.0. The van der Waals surface area contributed by atoms with Crippen LogP contribution in [0.1, 0.15) is 29.9 Å². The van der Waals surface area contributed by atoms with E-state index in [1.165, 1.54) is 5.56 Å². The zero-order valence-electron chi connectivity index (χ0n) is 13.9. The average Bonchev–Trinajstić information content (AvgIpc) is 2.66. The summed E-state index contributed by atoms with van der Waals surface area (Å²) in [7, 11) is 0. The molecule has 2 aromatic rings. The quantitative estimate of drug-likeness (QED) is 0.846. The van der Waals surface area contributed by atoms with Crippen LogP contribution in [0.5, 0.6) is 5.75 Å². The van der Waals surface area contributed by atoms with Crippen LogP contribution in [0.2, 0.25) is 0 Å². The molecule has 0 saturated carbocycles. The minimum atomic E-state index is -0.109. The predicted octanol–water partition coefficient (Wildman–Crippen LogP) is 3.46. The fraction of sp³-hybridized carbons (Fsp3) is 0.400. The monoisotopic (exact) mass is 327 g/mol. The lowest BCUT2D eigenvalue weighted by molar-refractivity contribution is -0.189. The summed E-state index contributed by atoms with van der Waals surface area (Å²) in [6, 6.07) is 18.4. The third-order valence-electron chi connectivity index (χ3n) is 4.19.